The summed E-state index contributed by atoms with van der Waals surface area (Å²) < 4.78 is 0. The third-order valence-electron chi connectivity index (χ3n) is 8.25. The quantitative estimate of drug-likeness (QED) is 0.125. The molecular weight excluding hydrogens is 632 g/mol. The van der Waals surface area contributed by atoms with Crippen LogP contribution in [0.4, 0.5) is 0 Å². The molecule has 266 valence electrons. The summed E-state index contributed by atoms with van der Waals surface area (Å²) in [7, 11) is 0. The van der Waals surface area contributed by atoms with Gasteiger partial charge in [0, 0.05) is 17.4 Å². The molecule has 4 unspecified atom stereocenters. The van der Waals surface area contributed by atoms with Crippen LogP contribution in [-0.2, 0) is 43.8 Å². The van der Waals surface area contributed by atoms with Crippen molar-refractivity contribution in [3.63, 3.8) is 0 Å². The van der Waals surface area contributed by atoms with Crippen molar-refractivity contribution in [1.29, 1.82) is 0 Å². The minimum atomic E-state index is 0. The molecule has 0 saturated carbocycles. The van der Waals surface area contributed by atoms with Gasteiger partial charge in [0.05, 0.1) is 26.4 Å². The average molecular weight is 696 g/mol. The molecule has 0 aliphatic carbocycles. The van der Waals surface area contributed by atoms with Gasteiger partial charge in [0.2, 0.25) is 0 Å². The number of aliphatic hydroxyl groups is 4. The van der Waals surface area contributed by atoms with Crippen LogP contribution in [0.15, 0.2) is 97.1 Å². The Morgan fingerprint density at radius 2 is 0.479 bits per heavy atom. The molecule has 4 rings (SSSR count). The van der Waals surface area contributed by atoms with Crippen molar-refractivity contribution in [2.24, 2.45) is 0 Å². The van der Waals surface area contributed by atoms with Crippen LogP contribution >= 0.6 is 0 Å². The van der Waals surface area contributed by atoms with Gasteiger partial charge in [-0.05, 0) is 68.2 Å². The maximum absolute atomic E-state index is 9.08. The van der Waals surface area contributed by atoms with Crippen molar-refractivity contribution in [2.75, 3.05) is 0 Å². The van der Waals surface area contributed by atoms with Gasteiger partial charge in [-0.2, -0.15) is 0 Å². The topological polar surface area (TPSA) is 80.9 Å². The van der Waals surface area contributed by atoms with Crippen LogP contribution in [0, 0.1) is 7.43 Å². The van der Waals surface area contributed by atoms with Crippen LogP contribution in [0.1, 0.15) is 136 Å². The molecule has 4 aromatic rings. The van der Waals surface area contributed by atoms with E-state index in [9.17, 15) is 0 Å². The molecular formula is C43H63CrO4-. The van der Waals surface area contributed by atoms with Crippen molar-refractivity contribution < 1.29 is 37.8 Å². The van der Waals surface area contributed by atoms with E-state index in [4.69, 9.17) is 20.4 Å². The Morgan fingerprint density at radius 3 is 0.583 bits per heavy atom. The van der Waals surface area contributed by atoms with Crippen LogP contribution in [0.5, 0.6) is 0 Å². The minimum Gasteiger partial charge on any atom is -0.392 e. The fourth-order valence-corrected chi connectivity index (χ4v) is 4.86. The number of hydrogen-bond donors (Lipinski definition) is 4. The van der Waals surface area contributed by atoms with E-state index in [-0.39, 0.29) is 51.2 Å². The summed E-state index contributed by atoms with van der Waals surface area (Å²) in [6, 6.07) is 32.6. The molecule has 4 atom stereocenters. The predicted octanol–water partition coefficient (Wildman–Crippen LogP) is 10.4. The molecule has 0 spiro atoms. The molecule has 0 aliphatic heterocycles. The van der Waals surface area contributed by atoms with Gasteiger partial charge in [-0.3, -0.25) is 0 Å². The predicted molar refractivity (Wildman–Crippen MR) is 201 cm³/mol. The molecule has 48 heavy (non-hydrogen) atoms. The number of hydrogen-bond acceptors (Lipinski definition) is 4. The second-order valence-electron chi connectivity index (χ2n) is 12.2. The number of rotatable bonds is 10. The zero-order valence-corrected chi connectivity index (χ0v) is 32.3. The summed E-state index contributed by atoms with van der Waals surface area (Å²) in [5.74, 6) is 1.62. The molecule has 4 aromatic carbocycles. The fraction of sp³-hybridized carbons (Fsp3) is 0.419. The summed E-state index contributed by atoms with van der Waals surface area (Å²) in [6.07, 6.45) is 2.50. The van der Waals surface area contributed by atoms with E-state index in [2.05, 4.69) is 104 Å². The molecule has 0 fully saturated rings. The normalized spacial score (nSPS) is 12.4. The van der Waals surface area contributed by atoms with E-state index in [0.717, 1.165) is 22.3 Å². The Kier molecular flexibility index (Phi) is 26.8. The van der Waals surface area contributed by atoms with E-state index in [1.165, 1.54) is 35.1 Å². The van der Waals surface area contributed by atoms with Crippen molar-refractivity contribution in [1.82, 2.24) is 0 Å². The second kappa shape index (κ2) is 27.1. The Labute approximate surface area is 304 Å². The molecule has 0 aromatic heterocycles. The molecule has 0 saturated heterocycles. The Morgan fingerprint density at radius 1 is 0.354 bits per heavy atom. The van der Waals surface area contributed by atoms with Crippen LogP contribution in [-0.4, -0.2) is 20.4 Å². The Hall–Kier alpha value is -2.75. The molecule has 5 heteroatoms. The third kappa shape index (κ3) is 16.1. The second-order valence-corrected chi connectivity index (χ2v) is 12.2. The van der Waals surface area contributed by atoms with Gasteiger partial charge in [0.15, 0.2) is 0 Å². The fourth-order valence-electron chi connectivity index (χ4n) is 4.86. The van der Waals surface area contributed by atoms with Gasteiger partial charge in [-0.25, -0.2) is 0 Å². The molecule has 0 aliphatic rings. The van der Waals surface area contributed by atoms with E-state index < -0.39 is 0 Å². The monoisotopic (exact) mass is 695 g/mol. The van der Waals surface area contributed by atoms with Crippen molar-refractivity contribution in [3.8, 4) is 0 Å². The van der Waals surface area contributed by atoms with E-state index in [0.29, 0.717) is 23.7 Å². The maximum atomic E-state index is 9.08. The van der Waals surface area contributed by atoms with Gasteiger partial charge >= 0.3 is 0 Å². The van der Waals surface area contributed by atoms with Crippen molar-refractivity contribution in [2.45, 2.75) is 118 Å². The first kappa shape index (κ1) is 47.4. The summed E-state index contributed by atoms with van der Waals surface area (Å²) in [5, 5.41) is 36.3. The number of benzene rings is 4. The maximum Gasteiger partial charge on any atom is 0.0681 e. The third-order valence-corrected chi connectivity index (χ3v) is 8.25. The number of aliphatic hydroxyl groups excluding tert-OH is 4. The van der Waals surface area contributed by atoms with Crippen molar-refractivity contribution >= 4 is 0 Å². The molecule has 0 amide bonds. The molecule has 0 radical (unpaired) electrons. The largest absolute Gasteiger partial charge is 0.392 e. The van der Waals surface area contributed by atoms with Gasteiger partial charge in [-0.15, -0.1) is 0 Å². The van der Waals surface area contributed by atoms with Gasteiger partial charge in [0.25, 0.3) is 0 Å². The molecule has 4 N–H and O–H groups in total. The first-order valence-electron chi connectivity index (χ1n) is 16.9. The van der Waals surface area contributed by atoms with E-state index >= 15 is 0 Å². The van der Waals surface area contributed by atoms with E-state index in [1.807, 2.05) is 48.5 Å². The zero-order valence-electron chi connectivity index (χ0n) is 31.0. The summed E-state index contributed by atoms with van der Waals surface area (Å²) in [4.78, 5) is 0. The standard InChI is InChI=1S/2C18H22O2.2C3H8.CH3.Cr/c2*1-13(17-7-3-15(11-19)4-8-17)14(2)18-9-5-16(12-20)6-10-18;2*1-3-2;;/h2*3-10,13-14,19-20H,11-12H2,1-2H3;2*3H2,1-2H3;1H3;/q;;;;-1;. The molecule has 0 bridgehead atoms. The van der Waals surface area contributed by atoms with Crippen LogP contribution < -0.4 is 0 Å². The summed E-state index contributed by atoms with van der Waals surface area (Å²) in [6.45, 7) is 17.7. The van der Waals surface area contributed by atoms with Gasteiger partial charge < -0.3 is 27.9 Å². The minimum absolute atomic E-state index is 0. The first-order chi connectivity index (χ1) is 22.1. The van der Waals surface area contributed by atoms with Crippen LogP contribution in [0.3, 0.4) is 0 Å². The van der Waals surface area contributed by atoms with Crippen LogP contribution in [0.25, 0.3) is 0 Å². The van der Waals surface area contributed by atoms with Crippen molar-refractivity contribution in [3.05, 3.63) is 149 Å². The SMILES string of the molecule is CC(c1ccc(CO)cc1)C(C)c1ccc(CO)cc1.CC(c1ccc(CO)cc1)C(C)c1ccc(CO)cc1.CCC.CCC.[CH3-].[Cr]. The smallest absolute Gasteiger partial charge is 0.0681 e. The summed E-state index contributed by atoms with van der Waals surface area (Å²) >= 11 is 0. The molecule has 4 nitrogen and oxygen atoms in total. The Bertz CT molecular complexity index is 1100. The zero-order chi connectivity index (χ0) is 34.5. The molecule has 0 heterocycles. The average Bonchev–Trinajstić information content (AvgIpc) is 3.11. The first-order valence-corrected chi connectivity index (χ1v) is 16.9. The Balaban J connectivity index is 0. The van der Waals surface area contributed by atoms with E-state index in [1.54, 1.807) is 0 Å². The summed E-state index contributed by atoms with van der Waals surface area (Å²) in [5.41, 5.74) is 8.90. The van der Waals surface area contributed by atoms with Gasteiger partial charge in [-0.1, -0.05) is 165 Å². The van der Waals surface area contributed by atoms with Gasteiger partial charge in [0.1, 0.15) is 0 Å². The van der Waals surface area contributed by atoms with Crippen LogP contribution in [0.2, 0.25) is 0 Å².